The molecule has 0 aliphatic carbocycles. The lowest BCUT2D eigenvalue weighted by Crippen LogP contribution is -2.11. The molecule has 0 fully saturated rings. The Balaban J connectivity index is 1.67. The van der Waals surface area contributed by atoms with Crippen LogP contribution in [0, 0.1) is 0 Å². The fourth-order valence-corrected chi connectivity index (χ4v) is 2.54. The van der Waals surface area contributed by atoms with Crippen molar-refractivity contribution in [1.82, 2.24) is 15.3 Å². The van der Waals surface area contributed by atoms with Gasteiger partial charge in [0.2, 0.25) is 0 Å². The molecule has 18 heavy (non-hydrogen) atoms. The zero-order valence-corrected chi connectivity index (χ0v) is 10.7. The van der Waals surface area contributed by atoms with Gasteiger partial charge in [-0.25, -0.2) is 0 Å². The van der Waals surface area contributed by atoms with E-state index >= 15 is 0 Å². The molecule has 1 aromatic carbocycles. The summed E-state index contributed by atoms with van der Waals surface area (Å²) in [6.45, 7) is 1.76. The number of aromatic nitrogens is 2. The Labute approximate surface area is 110 Å². The third kappa shape index (κ3) is 2.55. The first-order valence-corrected chi connectivity index (χ1v) is 6.72. The van der Waals surface area contributed by atoms with Crippen molar-refractivity contribution in [2.75, 3.05) is 0 Å². The molecule has 3 rings (SSSR count). The minimum absolute atomic E-state index is 0.852. The normalized spacial score (nSPS) is 10.9. The second-order valence-electron chi connectivity index (χ2n) is 4.06. The van der Waals surface area contributed by atoms with Crippen molar-refractivity contribution >= 4 is 22.4 Å². The van der Waals surface area contributed by atoms with Crippen LogP contribution in [0.1, 0.15) is 10.4 Å². The number of hydrogen-bond donors (Lipinski definition) is 1. The Kier molecular flexibility index (Phi) is 3.30. The van der Waals surface area contributed by atoms with E-state index in [1.54, 1.807) is 23.7 Å². The van der Waals surface area contributed by atoms with Crippen LogP contribution in [0.3, 0.4) is 0 Å². The summed E-state index contributed by atoms with van der Waals surface area (Å²) < 4.78 is 0. The van der Waals surface area contributed by atoms with Gasteiger partial charge < -0.3 is 5.32 Å². The van der Waals surface area contributed by atoms with Crippen molar-refractivity contribution in [3.8, 4) is 0 Å². The third-order valence-corrected chi connectivity index (χ3v) is 3.62. The quantitative estimate of drug-likeness (QED) is 0.779. The number of benzene rings is 1. The van der Waals surface area contributed by atoms with Crippen molar-refractivity contribution in [2.24, 2.45) is 0 Å². The number of thiophene rings is 1. The molecule has 0 radical (unpaired) electrons. The van der Waals surface area contributed by atoms with E-state index in [2.05, 4.69) is 44.9 Å². The Bertz CT molecular complexity index is 634. The zero-order chi connectivity index (χ0) is 12.2. The summed E-state index contributed by atoms with van der Waals surface area (Å²) in [5, 5.41) is 5.53. The molecule has 0 spiro atoms. The Morgan fingerprint density at radius 3 is 2.72 bits per heavy atom. The topological polar surface area (TPSA) is 37.8 Å². The summed E-state index contributed by atoms with van der Waals surface area (Å²) in [5.41, 5.74) is 3.13. The van der Waals surface area contributed by atoms with Crippen LogP contribution in [-0.4, -0.2) is 9.97 Å². The number of hydrogen-bond acceptors (Lipinski definition) is 4. The van der Waals surface area contributed by atoms with E-state index in [1.807, 2.05) is 6.07 Å². The van der Waals surface area contributed by atoms with Gasteiger partial charge in [0, 0.05) is 30.4 Å². The Hall–Kier alpha value is -1.78. The predicted molar refractivity (Wildman–Crippen MR) is 74.4 cm³/mol. The molecule has 4 heteroatoms. The predicted octanol–water partition coefficient (Wildman–Crippen LogP) is 2.98. The van der Waals surface area contributed by atoms with Crippen molar-refractivity contribution in [1.29, 1.82) is 0 Å². The molecule has 0 atom stereocenters. The molecule has 1 N–H and O–H groups in total. The second kappa shape index (κ2) is 5.25. The van der Waals surface area contributed by atoms with Gasteiger partial charge in [-0.2, -0.15) is 0 Å². The van der Waals surface area contributed by atoms with Crippen LogP contribution in [-0.2, 0) is 13.1 Å². The molecule has 0 bridgehead atoms. The summed E-state index contributed by atoms with van der Waals surface area (Å²) in [6.07, 6.45) is 3.45. The fourth-order valence-electron chi connectivity index (χ4n) is 1.86. The molecule has 3 nitrogen and oxygen atoms in total. The van der Waals surface area contributed by atoms with Gasteiger partial charge in [0.05, 0.1) is 11.0 Å². The lowest BCUT2D eigenvalue weighted by Gasteiger charge is -2.04. The van der Waals surface area contributed by atoms with Crippen LogP contribution < -0.4 is 5.32 Å². The third-order valence-electron chi connectivity index (χ3n) is 2.74. The van der Waals surface area contributed by atoms with Crippen molar-refractivity contribution in [3.05, 3.63) is 58.5 Å². The molecule has 2 heterocycles. The molecular weight excluding hydrogens is 242 g/mol. The molecule has 0 saturated carbocycles. The number of nitrogens with zero attached hydrogens (tertiary/aromatic N) is 2. The van der Waals surface area contributed by atoms with Gasteiger partial charge in [0.25, 0.3) is 0 Å². The largest absolute Gasteiger partial charge is 0.308 e. The van der Waals surface area contributed by atoms with Crippen LogP contribution in [0.4, 0.5) is 0 Å². The molecule has 3 aromatic rings. The van der Waals surface area contributed by atoms with E-state index in [0.717, 1.165) is 24.1 Å². The molecular formula is C14H13N3S. The highest BCUT2D eigenvalue weighted by Gasteiger charge is 1.98. The first kappa shape index (κ1) is 11.3. The van der Waals surface area contributed by atoms with Crippen LogP contribution in [0.15, 0.2) is 48.1 Å². The summed E-state index contributed by atoms with van der Waals surface area (Å²) >= 11 is 1.78. The minimum Gasteiger partial charge on any atom is -0.308 e. The van der Waals surface area contributed by atoms with Gasteiger partial charge >= 0.3 is 0 Å². The lowest BCUT2D eigenvalue weighted by atomic mass is 10.2. The smallest absolute Gasteiger partial charge is 0.0890 e. The van der Waals surface area contributed by atoms with Gasteiger partial charge in [0.15, 0.2) is 0 Å². The number of fused-ring (bicyclic) bond motifs is 1. The lowest BCUT2D eigenvalue weighted by molar-refractivity contribution is 0.701. The fraction of sp³-hybridized carbons (Fsp3) is 0.143. The number of rotatable bonds is 4. The highest BCUT2D eigenvalue weighted by Crippen LogP contribution is 2.11. The molecule has 0 aliphatic rings. The highest BCUT2D eigenvalue weighted by atomic mass is 32.1. The van der Waals surface area contributed by atoms with E-state index in [1.165, 1.54) is 10.4 Å². The average Bonchev–Trinajstić information content (AvgIpc) is 2.92. The van der Waals surface area contributed by atoms with E-state index in [4.69, 9.17) is 0 Å². The monoisotopic (exact) mass is 255 g/mol. The Morgan fingerprint density at radius 2 is 1.89 bits per heavy atom. The van der Waals surface area contributed by atoms with Crippen molar-refractivity contribution in [3.63, 3.8) is 0 Å². The highest BCUT2D eigenvalue weighted by molar-refractivity contribution is 7.09. The first-order valence-electron chi connectivity index (χ1n) is 5.84. The Morgan fingerprint density at radius 1 is 1.00 bits per heavy atom. The molecule has 0 saturated heterocycles. The van der Waals surface area contributed by atoms with Crippen LogP contribution in [0.2, 0.25) is 0 Å². The summed E-state index contributed by atoms with van der Waals surface area (Å²) in [6, 6.07) is 10.4. The summed E-state index contributed by atoms with van der Waals surface area (Å²) in [5.74, 6) is 0. The standard InChI is InChI=1S/C14H13N3S/c1-2-12(18-7-1)10-15-9-11-3-4-13-14(8-11)17-6-5-16-13/h1-8,15H,9-10H2. The van der Waals surface area contributed by atoms with E-state index < -0.39 is 0 Å². The van der Waals surface area contributed by atoms with Crippen LogP contribution in [0.25, 0.3) is 11.0 Å². The van der Waals surface area contributed by atoms with Crippen LogP contribution >= 0.6 is 11.3 Å². The maximum Gasteiger partial charge on any atom is 0.0890 e. The molecule has 0 amide bonds. The summed E-state index contributed by atoms with van der Waals surface area (Å²) in [4.78, 5) is 9.93. The van der Waals surface area contributed by atoms with E-state index in [9.17, 15) is 0 Å². The molecule has 0 unspecified atom stereocenters. The van der Waals surface area contributed by atoms with E-state index in [0.29, 0.717) is 0 Å². The molecule has 0 aliphatic heterocycles. The maximum atomic E-state index is 4.31. The molecule has 90 valence electrons. The summed E-state index contributed by atoms with van der Waals surface area (Å²) in [7, 11) is 0. The maximum absolute atomic E-state index is 4.31. The van der Waals surface area contributed by atoms with Gasteiger partial charge in [-0.3, -0.25) is 9.97 Å². The van der Waals surface area contributed by atoms with Crippen molar-refractivity contribution < 1.29 is 0 Å². The second-order valence-corrected chi connectivity index (χ2v) is 5.09. The van der Waals surface area contributed by atoms with Gasteiger partial charge in [-0.1, -0.05) is 12.1 Å². The van der Waals surface area contributed by atoms with E-state index in [-0.39, 0.29) is 0 Å². The van der Waals surface area contributed by atoms with Gasteiger partial charge in [0.1, 0.15) is 0 Å². The van der Waals surface area contributed by atoms with Gasteiger partial charge in [-0.05, 0) is 29.1 Å². The number of nitrogens with one attached hydrogen (secondary N) is 1. The first-order chi connectivity index (χ1) is 8.92. The SMILES string of the molecule is c1csc(CNCc2ccc3nccnc3c2)c1. The minimum atomic E-state index is 0.852. The average molecular weight is 255 g/mol. The zero-order valence-electron chi connectivity index (χ0n) is 9.84. The van der Waals surface area contributed by atoms with Gasteiger partial charge in [-0.15, -0.1) is 11.3 Å². The van der Waals surface area contributed by atoms with Crippen LogP contribution in [0.5, 0.6) is 0 Å². The van der Waals surface area contributed by atoms with Crippen molar-refractivity contribution in [2.45, 2.75) is 13.1 Å². The molecule has 2 aromatic heterocycles.